The van der Waals surface area contributed by atoms with Crippen LogP contribution in [-0.4, -0.2) is 42.2 Å². The van der Waals surface area contributed by atoms with Crippen molar-refractivity contribution in [3.8, 4) is 0 Å². The molecule has 0 radical (unpaired) electrons. The van der Waals surface area contributed by atoms with Gasteiger partial charge in [0.1, 0.15) is 11.9 Å². The molecule has 0 amide bonds. The van der Waals surface area contributed by atoms with E-state index in [1.54, 1.807) is 18.4 Å². The molecule has 1 aliphatic rings. The Morgan fingerprint density at radius 3 is 2.88 bits per heavy atom. The van der Waals surface area contributed by atoms with E-state index < -0.39 is 6.10 Å². The van der Waals surface area contributed by atoms with Crippen molar-refractivity contribution in [1.82, 2.24) is 10.2 Å². The Kier molecular flexibility index (Phi) is 4.59. The Balaban J connectivity index is 1.66. The van der Waals surface area contributed by atoms with E-state index in [0.717, 1.165) is 6.54 Å². The number of nitrogens with one attached hydrogen (secondary N) is 1. The summed E-state index contributed by atoms with van der Waals surface area (Å²) in [5.74, 6) is 0.630. The summed E-state index contributed by atoms with van der Waals surface area (Å²) in [6, 6.07) is 4.00. The molecule has 0 bridgehead atoms. The highest BCUT2D eigenvalue weighted by atomic mass is 16.4. The predicted octanol–water partition coefficient (Wildman–Crippen LogP) is 1.39. The van der Waals surface area contributed by atoms with Gasteiger partial charge in [-0.15, -0.1) is 0 Å². The van der Waals surface area contributed by atoms with Gasteiger partial charge in [-0.05, 0) is 45.0 Å². The van der Waals surface area contributed by atoms with Gasteiger partial charge in [0.2, 0.25) is 0 Å². The molecule has 17 heavy (non-hydrogen) atoms. The van der Waals surface area contributed by atoms with Crippen molar-refractivity contribution in [2.45, 2.75) is 31.9 Å². The largest absolute Gasteiger partial charge is 0.467 e. The van der Waals surface area contributed by atoms with Crippen LogP contribution in [-0.2, 0) is 0 Å². The Labute approximate surface area is 103 Å². The molecule has 1 aliphatic heterocycles. The third-order valence-electron chi connectivity index (χ3n) is 3.26. The van der Waals surface area contributed by atoms with E-state index in [4.69, 9.17) is 4.42 Å². The molecular formula is C13H22N2O2. The lowest BCUT2D eigenvalue weighted by Gasteiger charge is -2.22. The summed E-state index contributed by atoms with van der Waals surface area (Å²) in [4.78, 5) is 2.47. The van der Waals surface area contributed by atoms with Crippen LogP contribution in [0.15, 0.2) is 22.8 Å². The van der Waals surface area contributed by atoms with Gasteiger partial charge in [0.05, 0.1) is 6.26 Å². The van der Waals surface area contributed by atoms with Crippen LogP contribution in [0, 0.1) is 0 Å². The van der Waals surface area contributed by atoms with E-state index in [1.807, 2.05) is 0 Å². The highest BCUT2D eigenvalue weighted by molar-refractivity contribution is 5.02. The van der Waals surface area contributed by atoms with Gasteiger partial charge >= 0.3 is 0 Å². The van der Waals surface area contributed by atoms with Gasteiger partial charge in [0.15, 0.2) is 0 Å². The molecule has 4 nitrogen and oxygen atoms in total. The maximum absolute atomic E-state index is 9.85. The first-order valence-corrected chi connectivity index (χ1v) is 6.43. The summed E-state index contributed by atoms with van der Waals surface area (Å²) in [6.07, 6.45) is 3.68. The number of aliphatic hydroxyl groups excluding tert-OH is 1. The van der Waals surface area contributed by atoms with Crippen molar-refractivity contribution in [3.63, 3.8) is 0 Å². The number of hydrogen-bond donors (Lipinski definition) is 2. The molecule has 96 valence electrons. The second kappa shape index (κ2) is 6.19. The number of rotatable bonds is 6. The maximum Gasteiger partial charge on any atom is 0.133 e. The van der Waals surface area contributed by atoms with Crippen molar-refractivity contribution in [1.29, 1.82) is 0 Å². The van der Waals surface area contributed by atoms with Crippen LogP contribution in [0.2, 0.25) is 0 Å². The van der Waals surface area contributed by atoms with Gasteiger partial charge in [-0.1, -0.05) is 0 Å². The molecule has 0 saturated carbocycles. The molecule has 1 aromatic rings. The van der Waals surface area contributed by atoms with E-state index in [0.29, 0.717) is 18.3 Å². The summed E-state index contributed by atoms with van der Waals surface area (Å²) < 4.78 is 5.16. The molecule has 1 fully saturated rings. The zero-order chi connectivity index (χ0) is 12.1. The first kappa shape index (κ1) is 12.6. The minimum Gasteiger partial charge on any atom is -0.467 e. The molecule has 0 aromatic carbocycles. The molecule has 0 aliphatic carbocycles. The van der Waals surface area contributed by atoms with Gasteiger partial charge in [-0.3, -0.25) is 0 Å². The molecule has 1 aromatic heterocycles. The third-order valence-corrected chi connectivity index (χ3v) is 3.26. The SMILES string of the molecule is CC(CN1CCCC1)NCC(O)c1ccco1. The molecule has 0 spiro atoms. The molecule has 2 atom stereocenters. The third kappa shape index (κ3) is 3.84. The Bertz CT molecular complexity index is 307. The van der Waals surface area contributed by atoms with Crippen LogP contribution in [0.5, 0.6) is 0 Å². The van der Waals surface area contributed by atoms with Gasteiger partial charge < -0.3 is 19.7 Å². The second-order valence-electron chi connectivity index (χ2n) is 4.85. The van der Waals surface area contributed by atoms with Crippen LogP contribution in [0.3, 0.4) is 0 Å². The summed E-state index contributed by atoms with van der Waals surface area (Å²) in [5.41, 5.74) is 0. The van der Waals surface area contributed by atoms with Gasteiger partial charge in [-0.2, -0.15) is 0 Å². The lowest BCUT2D eigenvalue weighted by molar-refractivity contribution is 0.141. The number of hydrogen-bond acceptors (Lipinski definition) is 4. The lowest BCUT2D eigenvalue weighted by Crippen LogP contribution is -2.39. The molecule has 4 heteroatoms. The van der Waals surface area contributed by atoms with Crippen molar-refractivity contribution in [3.05, 3.63) is 24.2 Å². The average molecular weight is 238 g/mol. The predicted molar refractivity (Wildman–Crippen MR) is 66.8 cm³/mol. The van der Waals surface area contributed by atoms with Crippen molar-refractivity contribution in [2.75, 3.05) is 26.2 Å². The number of aliphatic hydroxyl groups is 1. The standard InChI is InChI=1S/C13H22N2O2/c1-11(10-15-6-2-3-7-15)14-9-12(16)13-5-4-8-17-13/h4-5,8,11-12,14,16H,2-3,6-7,9-10H2,1H3. The summed E-state index contributed by atoms with van der Waals surface area (Å²) in [7, 11) is 0. The first-order valence-electron chi connectivity index (χ1n) is 6.43. The maximum atomic E-state index is 9.85. The van der Waals surface area contributed by atoms with E-state index in [1.165, 1.54) is 25.9 Å². The summed E-state index contributed by atoms with van der Waals surface area (Å²) in [6.45, 7) is 6.19. The Hall–Kier alpha value is -0.840. The van der Waals surface area contributed by atoms with Crippen LogP contribution < -0.4 is 5.32 Å². The number of furan rings is 1. The average Bonchev–Trinajstić information content (AvgIpc) is 2.97. The molecule has 2 rings (SSSR count). The normalized spacial score (nSPS) is 20.6. The van der Waals surface area contributed by atoms with Crippen LogP contribution >= 0.6 is 0 Å². The fourth-order valence-electron chi connectivity index (χ4n) is 2.31. The van der Waals surface area contributed by atoms with Gasteiger partial charge in [0.25, 0.3) is 0 Å². The zero-order valence-electron chi connectivity index (χ0n) is 10.4. The monoisotopic (exact) mass is 238 g/mol. The summed E-state index contributed by atoms with van der Waals surface area (Å²) in [5, 5.41) is 13.2. The fourth-order valence-corrected chi connectivity index (χ4v) is 2.31. The van der Waals surface area contributed by atoms with Crippen LogP contribution in [0.4, 0.5) is 0 Å². The van der Waals surface area contributed by atoms with E-state index in [2.05, 4.69) is 17.1 Å². The van der Waals surface area contributed by atoms with Gasteiger partial charge in [0, 0.05) is 19.1 Å². The van der Waals surface area contributed by atoms with Gasteiger partial charge in [-0.25, -0.2) is 0 Å². The molecule has 2 heterocycles. The second-order valence-corrected chi connectivity index (χ2v) is 4.85. The number of nitrogens with zero attached hydrogens (tertiary/aromatic N) is 1. The Morgan fingerprint density at radius 1 is 1.47 bits per heavy atom. The fraction of sp³-hybridized carbons (Fsp3) is 0.692. The molecule has 1 saturated heterocycles. The Morgan fingerprint density at radius 2 is 2.24 bits per heavy atom. The minimum absolute atomic E-state index is 0.401. The smallest absolute Gasteiger partial charge is 0.133 e. The first-order chi connectivity index (χ1) is 8.25. The zero-order valence-corrected chi connectivity index (χ0v) is 10.4. The van der Waals surface area contributed by atoms with Crippen molar-refractivity contribution >= 4 is 0 Å². The van der Waals surface area contributed by atoms with Crippen LogP contribution in [0.25, 0.3) is 0 Å². The lowest BCUT2D eigenvalue weighted by atomic mass is 10.2. The van der Waals surface area contributed by atoms with Crippen molar-refractivity contribution in [2.24, 2.45) is 0 Å². The highest BCUT2D eigenvalue weighted by Crippen LogP contribution is 2.12. The highest BCUT2D eigenvalue weighted by Gasteiger charge is 2.16. The molecular weight excluding hydrogens is 216 g/mol. The quantitative estimate of drug-likeness (QED) is 0.786. The van der Waals surface area contributed by atoms with E-state index in [-0.39, 0.29) is 0 Å². The topological polar surface area (TPSA) is 48.6 Å². The minimum atomic E-state index is -0.550. The molecule has 2 N–H and O–H groups in total. The molecule has 2 unspecified atom stereocenters. The van der Waals surface area contributed by atoms with E-state index >= 15 is 0 Å². The summed E-state index contributed by atoms with van der Waals surface area (Å²) >= 11 is 0. The van der Waals surface area contributed by atoms with Crippen LogP contribution in [0.1, 0.15) is 31.6 Å². The van der Waals surface area contributed by atoms with Crippen molar-refractivity contribution < 1.29 is 9.52 Å². The van der Waals surface area contributed by atoms with E-state index in [9.17, 15) is 5.11 Å². The number of likely N-dealkylation sites (tertiary alicyclic amines) is 1.